The molecule has 0 saturated carbocycles. The van der Waals surface area contributed by atoms with E-state index in [4.69, 9.17) is 5.73 Å². The maximum Gasteiger partial charge on any atom is 0.231 e. The lowest BCUT2D eigenvalue weighted by Gasteiger charge is -2.06. The van der Waals surface area contributed by atoms with Crippen LogP contribution in [0, 0.1) is 5.82 Å². The summed E-state index contributed by atoms with van der Waals surface area (Å²) in [5.74, 6) is -0.723. The molecule has 0 spiro atoms. The minimum absolute atomic E-state index is 0.0969. The Balaban J connectivity index is 2.61. The molecular formula is C10H11FN2O. The van der Waals surface area contributed by atoms with Crippen molar-refractivity contribution in [2.24, 2.45) is 5.73 Å². The summed E-state index contributed by atoms with van der Waals surface area (Å²) in [4.78, 5) is 11.3. The first kappa shape index (κ1) is 9.15. The van der Waals surface area contributed by atoms with Gasteiger partial charge in [0.25, 0.3) is 0 Å². The number of anilines is 1. The van der Waals surface area contributed by atoms with Gasteiger partial charge in [0.05, 0.1) is 5.92 Å². The first-order valence-corrected chi connectivity index (χ1v) is 4.46. The molecular weight excluding hydrogens is 183 g/mol. The fraction of sp³-hybridized carbons (Fsp3) is 0.300. The Labute approximate surface area is 81.1 Å². The van der Waals surface area contributed by atoms with Crippen LogP contribution in [0.15, 0.2) is 12.1 Å². The monoisotopic (exact) mass is 194 g/mol. The molecule has 0 aromatic heterocycles. The third-order valence-electron chi connectivity index (χ3n) is 2.54. The van der Waals surface area contributed by atoms with E-state index in [2.05, 4.69) is 5.32 Å². The third-order valence-corrected chi connectivity index (χ3v) is 2.54. The van der Waals surface area contributed by atoms with E-state index >= 15 is 0 Å². The SMILES string of the molecule is CC1C(=O)Nc2c(CN)cc(F)cc21. The molecule has 4 heteroatoms. The van der Waals surface area contributed by atoms with E-state index in [0.717, 1.165) is 0 Å². The normalized spacial score (nSPS) is 19.4. The van der Waals surface area contributed by atoms with E-state index in [-0.39, 0.29) is 24.2 Å². The number of carbonyl (C=O) groups excluding carboxylic acids is 1. The Morgan fingerprint density at radius 3 is 2.93 bits per heavy atom. The molecule has 1 aliphatic heterocycles. The van der Waals surface area contributed by atoms with Gasteiger partial charge in [-0.25, -0.2) is 4.39 Å². The van der Waals surface area contributed by atoms with Crippen LogP contribution in [0.3, 0.4) is 0 Å². The van der Waals surface area contributed by atoms with E-state index in [0.29, 0.717) is 16.8 Å². The zero-order chi connectivity index (χ0) is 10.3. The van der Waals surface area contributed by atoms with Crippen LogP contribution in [0.2, 0.25) is 0 Å². The van der Waals surface area contributed by atoms with Gasteiger partial charge in [-0.15, -0.1) is 0 Å². The Morgan fingerprint density at radius 2 is 2.29 bits per heavy atom. The molecule has 1 unspecified atom stereocenters. The predicted octanol–water partition coefficient (Wildman–Crippen LogP) is 1.34. The molecule has 1 amide bonds. The Kier molecular flexibility index (Phi) is 2.00. The average molecular weight is 194 g/mol. The van der Waals surface area contributed by atoms with Gasteiger partial charge in [0.2, 0.25) is 5.91 Å². The molecule has 1 aromatic rings. The average Bonchev–Trinajstić information content (AvgIpc) is 2.43. The first-order chi connectivity index (χ1) is 6.63. The number of halogens is 1. The van der Waals surface area contributed by atoms with Gasteiger partial charge in [0, 0.05) is 12.2 Å². The molecule has 14 heavy (non-hydrogen) atoms. The number of nitrogens with two attached hydrogens (primary N) is 1. The highest BCUT2D eigenvalue weighted by Crippen LogP contribution is 2.35. The number of hydrogen-bond donors (Lipinski definition) is 2. The lowest BCUT2D eigenvalue weighted by Crippen LogP contribution is -2.09. The van der Waals surface area contributed by atoms with Gasteiger partial charge in [-0.05, 0) is 30.2 Å². The first-order valence-electron chi connectivity index (χ1n) is 4.46. The summed E-state index contributed by atoms with van der Waals surface area (Å²) >= 11 is 0. The molecule has 3 nitrogen and oxygen atoms in total. The van der Waals surface area contributed by atoms with Crippen LogP contribution in [0.25, 0.3) is 0 Å². The quantitative estimate of drug-likeness (QED) is 0.708. The van der Waals surface area contributed by atoms with Gasteiger partial charge in [-0.3, -0.25) is 4.79 Å². The van der Waals surface area contributed by atoms with Crippen molar-refractivity contribution >= 4 is 11.6 Å². The summed E-state index contributed by atoms with van der Waals surface area (Å²) in [6.07, 6.45) is 0. The molecule has 0 radical (unpaired) electrons. The second-order valence-corrected chi connectivity index (χ2v) is 3.44. The summed E-state index contributed by atoms with van der Waals surface area (Å²) in [5.41, 5.74) is 7.51. The van der Waals surface area contributed by atoms with Crippen molar-refractivity contribution in [1.29, 1.82) is 0 Å². The zero-order valence-electron chi connectivity index (χ0n) is 7.80. The van der Waals surface area contributed by atoms with Crippen LogP contribution in [-0.2, 0) is 11.3 Å². The number of nitrogens with one attached hydrogen (secondary N) is 1. The van der Waals surface area contributed by atoms with Gasteiger partial charge >= 0.3 is 0 Å². The highest BCUT2D eigenvalue weighted by Gasteiger charge is 2.28. The summed E-state index contributed by atoms with van der Waals surface area (Å²) < 4.78 is 13.1. The molecule has 1 aromatic carbocycles. The number of rotatable bonds is 1. The van der Waals surface area contributed by atoms with Crippen molar-refractivity contribution in [2.75, 3.05) is 5.32 Å². The largest absolute Gasteiger partial charge is 0.326 e. The molecule has 1 atom stereocenters. The van der Waals surface area contributed by atoms with Crippen LogP contribution in [0.5, 0.6) is 0 Å². The number of benzene rings is 1. The molecule has 2 rings (SSSR count). The van der Waals surface area contributed by atoms with Gasteiger partial charge in [0.15, 0.2) is 0 Å². The smallest absolute Gasteiger partial charge is 0.231 e. The minimum atomic E-state index is -0.340. The maximum atomic E-state index is 13.1. The Hall–Kier alpha value is -1.42. The van der Waals surface area contributed by atoms with E-state index in [9.17, 15) is 9.18 Å². The summed E-state index contributed by atoms with van der Waals surface area (Å²) in [6, 6.07) is 2.74. The lowest BCUT2D eigenvalue weighted by atomic mass is 10.00. The molecule has 74 valence electrons. The molecule has 0 aliphatic carbocycles. The van der Waals surface area contributed by atoms with Gasteiger partial charge < -0.3 is 11.1 Å². The summed E-state index contributed by atoms with van der Waals surface area (Å²) in [7, 11) is 0. The fourth-order valence-electron chi connectivity index (χ4n) is 1.71. The second-order valence-electron chi connectivity index (χ2n) is 3.44. The van der Waals surface area contributed by atoms with E-state index in [1.807, 2.05) is 0 Å². The van der Waals surface area contributed by atoms with Gasteiger partial charge in [-0.2, -0.15) is 0 Å². The number of hydrogen-bond acceptors (Lipinski definition) is 2. The van der Waals surface area contributed by atoms with Gasteiger partial charge in [0.1, 0.15) is 5.82 Å². The zero-order valence-corrected chi connectivity index (χ0v) is 7.80. The third kappa shape index (κ3) is 1.19. The highest BCUT2D eigenvalue weighted by molar-refractivity contribution is 6.03. The molecule has 3 N–H and O–H groups in total. The number of fused-ring (bicyclic) bond motifs is 1. The van der Waals surface area contributed by atoms with Crippen LogP contribution >= 0.6 is 0 Å². The van der Waals surface area contributed by atoms with Crippen molar-refractivity contribution < 1.29 is 9.18 Å². The van der Waals surface area contributed by atoms with Crippen molar-refractivity contribution in [3.8, 4) is 0 Å². The fourth-order valence-corrected chi connectivity index (χ4v) is 1.71. The lowest BCUT2D eigenvalue weighted by molar-refractivity contribution is -0.116. The van der Waals surface area contributed by atoms with E-state index in [1.54, 1.807) is 6.92 Å². The van der Waals surface area contributed by atoms with Crippen molar-refractivity contribution in [3.05, 3.63) is 29.1 Å². The van der Waals surface area contributed by atoms with E-state index in [1.165, 1.54) is 12.1 Å². The topological polar surface area (TPSA) is 55.1 Å². The summed E-state index contributed by atoms with van der Waals surface area (Å²) in [5, 5.41) is 2.71. The highest BCUT2D eigenvalue weighted by atomic mass is 19.1. The molecule has 0 saturated heterocycles. The van der Waals surface area contributed by atoms with Crippen LogP contribution < -0.4 is 11.1 Å². The predicted molar refractivity (Wildman–Crippen MR) is 51.3 cm³/mol. The van der Waals surface area contributed by atoms with Crippen LogP contribution in [0.1, 0.15) is 24.0 Å². The van der Waals surface area contributed by atoms with Gasteiger partial charge in [-0.1, -0.05) is 0 Å². The van der Waals surface area contributed by atoms with Crippen molar-refractivity contribution in [3.63, 3.8) is 0 Å². The minimum Gasteiger partial charge on any atom is -0.326 e. The standard InChI is InChI=1S/C10H11FN2O/c1-5-8-3-7(11)2-6(4-12)9(8)13-10(5)14/h2-3,5H,4,12H2,1H3,(H,13,14). The maximum absolute atomic E-state index is 13.1. The number of amides is 1. The Bertz CT molecular complexity index is 403. The van der Waals surface area contributed by atoms with E-state index < -0.39 is 0 Å². The molecule has 1 heterocycles. The van der Waals surface area contributed by atoms with Crippen LogP contribution in [0.4, 0.5) is 10.1 Å². The van der Waals surface area contributed by atoms with Crippen molar-refractivity contribution in [2.45, 2.75) is 19.4 Å². The number of carbonyl (C=O) groups is 1. The van der Waals surface area contributed by atoms with Crippen LogP contribution in [-0.4, -0.2) is 5.91 Å². The second kappa shape index (κ2) is 3.06. The molecule has 0 bridgehead atoms. The molecule has 0 fully saturated rings. The van der Waals surface area contributed by atoms with Crippen molar-refractivity contribution in [1.82, 2.24) is 0 Å². The molecule has 1 aliphatic rings. The Morgan fingerprint density at radius 1 is 1.57 bits per heavy atom. The summed E-state index contributed by atoms with van der Waals surface area (Å²) in [6.45, 7) is 1.98.